The van der Waals surface area contributed by atoms with Crippen molar-refractivity contribution in [2.45, 2.75) is 33.1 Å². The van der Waals surface area contributed by atoms with E-state index in [0.717, 1.165) is 36.3 Å². The van der Waals surface area contributed by atoms with Crippen molar-refractivity contribution < 1.29 is 4.74 Å². The number of hydrogen-bond acceptors (Lipinski definition) is 4. The molecule has 0 bridgehead atoms. The van der Waals surface area contributed by atoms with Crippen molar-refractivity contribution in [3.63, 3.8) is 0 Å². The first-order chi connectivity index (χ1) is 11.1. The zero-order chi connectivity index (χ0) is 16.9. The fourth-order valence-electron chi connectivity index (χ4n) is 1.90. The van der Waals surface area contributed by atoms with Crippen molar-refractivity contribution in [3.05, 3.63) is 59.9 Å². The van der Waals surface area contributed by atoms with Gasteiger partial charge >= 0.3 is 0 Å². The summed E-state index contributed by atoms with van der Waals surface area (Å²) in [6.45, 7) is 8.83. The first kappa shape index (κ1) is 19.5. The van der Waals surface area contributed by atoms with E-state index >= 15 is 0 Å². The van der Waals surface area contributed by atoms with Crippen molar-refractivity contribution in [1.29, 1.82) is 0 Å². The van der Waals surface area contributed by atoms with Crippen LogP contribution in [0, 0.1) is 0 Å². The number of rotatable bonds is 9. The van der Waals surface area contributed by atoms with Crippen molar-refractivity contribution in [2.24, 2.45) is 4.99 Å². The predicted octanol–water partition coefficient (Wildman–Crippen LogP) is 4.97. The topological polar surface area (TPSA) is 33.6 Å². The first-order valence-corrected chi connectivity index (χ1v) is 8.94. The zero-order valence-electron chi connectivity index (χ0n) is 14.5. The summed E-state index contributed by atoms with van der Waals surface area (Å²) in [6.07, 6.45) is 15.4. The van der Waals surface area contributed by atoms with E-state index in [4.69, 9.17) is 4.74 Å². The smallest absolute Gasteiger partial charge is 0.214 e. The summed E-state index contributed by atoms with van der Waals surface area (Å²) in [5, 5.41) is 0. The van der Waals surface area contributed by atoms with E-state index in [1.807, 2.05) is 26.1 Å². The van der Waals surface area contributed by atoms with Crippen LogP contribution in [-0.4, -0.2) is 25.2 Å². The van der Waals surface area contributed by atoms with E-state index in [1.165, 1.54) is 5.57 Å². The van der Waals surface area contributed by atoms with E-state index in [1.54, 1.807) is 11.9 Å². The van der Waals surface area contributed by atoms with Crippen molar-refractivity contribution in [1.82, 2.24) is 4.72 Å². The molecule has 3 nitrogen and oxygen atoms in total. The van der Waals surface area contributed by atoms with Gasteiger partial charge in [-0.2, -0.15) is 0 Å². The molecule has 1 N–H and O–H groups in total. The summed E-state index contributed by atoms with van der Waals surface area (Å²) in [7, 11) is 1.95. The van der Waals surface area contributed by atoms with Crippen LogP contribution in [0.1, 0.15) is 33.1 Å². The third-order valence-corrected chi connectivity index (χ3v) is 4.02. The molecule has 0 fully saturated rings. The van der Waals surface area contributed by atoms with Crippen molar-refractivity contribution in [3.8, 4) is 0 Å². The lowest BCUT2D eigenvalue weighted by Gasteiger charge is -2.07. The fourth-order valence-corrected chi connectivity index (χ4v) is 2.39. The second-order valence-corrected chi connectivity index (χ2v) is 6.39. The van der Waals surface area contributed by atoms with E-state index in [0.29, 0.717) is 12.4 Å². The Hall–Kier alpha value is -1.52. The van der Waals surface area contributed by atoms with Crippen molar-refractivity contribution in [2.75, 3.05) is 19.3 Å². The second-order valence-electron chi connectivity index (χ2n) is 5.40. The van der Waals surface area contributed by atoms with Crippen LogP contribution in [-0.2, 0) is 4.74 Å². The summed E-state index contributed by atoms with van der Waals surface area (Å²) < 4.78 is 8.79. The summed E-state index contributed by atoms with van der Waals surface area (Å²) >= 11 is 1.72. The van der Waals surface area contributed by atoms with Crippen LogP contribution >= 0.6 is 11.9 Å². The van der Waals surface area contributed by atoms with Crippen LogP contribution in [0.2, 0.25) is 0 Å². The lowest BCUT2D eigenvalue weighted by molar-refractivity contribution is 0.398. The van der Waals surface area contributed by atoms with Gasteiger partial charge in [0.1, 0.15) is 0 Å². The third-order valence-electron chi connectivity index (χ3n) is 3.14. The predicted molar refractivity (Wildman–Crippen MR) is 104 cm³/mol. The second kappa shape index (κ2) is 12.0. The van der Waals surface area contributed by atoms with Crippen molar-refractivity contribution >= 4 is 17.8 Å². The number of allylic oxidation sites excluding steroid dienone is 6. The Labute approximate surface area is 145 Å². The number of hydrogen-bond donors (Lipinski definition) is 1. The molecule has 0 aromatic heterocycles. The quantitative estimate of drug-likeness (QED) is 0.367. The highest BCUT2D eigenvalue weighted by atomic mass is 32.2. The number of ether oxygens (including phenoxy) is 1. The summed E-state index contributed by atoms with van der Waals surface area (Å²) in [4.78, 5) is 4.35. The first-order valence-electron chi connectivity index (χ1n) is 7.96. The zero-order valence-corrected chi connectivity index (χ0v) is 15.3. The SMILES string of the molecule is C=C(CC/C=C\C/C=C(\C)CSNC)OC1=NCC=CC(C)=C1. The van der Waals surface area contributed by atoms with Gasteiger partial charge in [0.2, 0.25) is 5.90 Å². The van der Waals surface area contributed by atoms with Crippen LogP contribution in [0.15, 0.2) is 64.9 Å². The molecular weight excluding hydrogens is 304 g/mol. The molecule has 0 saturated carbocycles. The Morgan fingerprint density at radius 3 is 3.09 bits per heavy atom. The van der Waals surface area contributed by atoms with Gasteiger partial charge in [0.25, 0.3) is 0 Å². The molecule has 0 unspecified atom stereocenters. The minimum Gasteiger partial charge on any atom is -0.444 e. The molecule has 1 rings (SSSR count). The molecular formula is C19H28N2OS. The summed E-state index contributed by atoms with van der Waals surface area (Å²) in [5.74, 6) is 2.44. The minimum atomic E-state index is 0.655. The van der Waals surface area contributed by atoms with Gasteiger partial charge in [-0.25, -0.2) is 4.99 Å². The van der Waals surface area contributed by atoms with Gasteiger partial charge in [-0.3, -0.25) is 4.72 Å². The Morgan fingerprint density at radius 2 is 2.30 bits per heavy atom. The lowest BCUT2D eigenvalue weighted by atomic mass is 10.2. The molecule has 0 radical (unpaired) electrons. The van der Waals surface area contributed by atoms with E-state index < -0.39 is 0 Å². The summed E-state index contributed by atoms with van der Waals surface area (Å²) in [5.41, 5.74) is 2.54. The van der Waals surface area contributed by atoms with Crippen LogP contribution in [0.5, 0.6) is 0 Å². The Morgan fingerprint density at radius 1 is 1.48 bits per heavy atom. The molecule has 0 spiro atoms. The number of nitrogens with zero attached hydrogens (tertiary/aromatic N) is 1. The molecule has 0 aromatic rings. The minimum absolute atomic E-state index is 0.655. The summed E-state index contributed by atoms with van der Waals surface area (Å²) in [6, 6.07) is 0. The molecule has 0 amide bonds. The molecule has 1 heterocycles. The van der Waals surface area contributed by atoms with E-state index in [2.05, 4.69) is 47.5 Å². The lowest BCUT2D eigenvalue weighted by Crippen LogP contribution is -2.01. The third kappa shape index (κ3) is 9.97. The van der Waals surface area contributed by atoms with Gasteiger partial charge < -0.3 is 4.74 Å². The molecule has 23 heavy (non-hydrogen) atoms. The molecule has 1 aliphatic heterocycles. The Bertz CT molecular complexity index is 527. The fraction of sp³-hybridized carbons (Fsp3) is 0.421. The van der Waals surface area contributed by atoms with Gasteiger partial charge in [-0.1, -0.05) is 54.5 Å². The molecule has 1 aliphatic rings. The highest BCUT2D eigenvalue weighted by Crippen LogP contribution is 2.10. The molecule has 4 heteroatoms. The van der Waals surface area contributed by atoms with Crippen LogP contribution in [0.4, 0.5) is 0 Å². The largest absolute Gasteiger partial charge is 0.444 e. The van der Waals surface area contributed by atoms with Crippen LogP contribution in [0.3, 0.4) is 0 Å². The molecule has 0 saturated heterocycles. The van der Waals surface area contributed by atoms with E-state index in [9.17, 15) is 0 Å². The normalized spacial score (nSPS) is 15.3. The standard InChI is InChI=1S/C19H28N2OS/c1-16-11-9-13-21-19(14-16)22-18(3)12-8-6-5-7-10-17(2)15-23-20-4/h5-6,9-11,14,20H,3,7-8,12-13,15H2,1-2,4H3/b6-5-,17-10+. The average molecular weight is 333 g/mol. The van der Waals surface area contributed by atoms with Gasteiger partial charge in [0, 0.05) is 18.2 Å². The highest BCUT2D eigenvalue weighted by molar-refractivity contribution is 7.97. The maximum absolute atomic E-state index is 5.71. The van der Waals surface area contributed by atoms with E-state index in [-0.39, 0.29) is 0 Å². The van der Waals surface area contributed by atoms with Gasteiger partial charge in [0.05, 0.1) is 12.3 Å². The molecule has 0 aliphatic carbocycles. The number of nitrogens with one attached hydrogen (secondary N) is 1. The Kier molecular flexibility index (Phi) is 10.2. The van der Waals surface area contributed by atoms with Gasteiger partial charge in [-0.05, 0) is 39.3 Å². The molecule has 0 atom stereocenters. The van der Waals surface area contributed by atoms with Gasteiger partial charge in [-0.15, -0.1) is 0 Å². The van der Waals surface area contributed by atoms with Gasteiger partial charge in [0.15, 0.2) is 0 Å². The Balaban J connectivity index is 2.22. The van der Waals surface area contributed by atoms with Crippen LogP contribution < -0.4 is 4.72 Å². The highest BCUT2D eigenvalue weighted by Gasteiger charge is 2.02. The molecule has 0 aromatic carbocycles. The monoisotopic (exact) mass is 332 g/mol. The maximum Gasteiger partial charge on any atom is 0.214 e. The van der Waals surface area contributed by atoms with Crippen LogP contribution in [0.25, 0.3) is 0 Å². The average Bonchev–Trinajstić information content (AvgIpc) is 2.72. The molecule has 126 valence electrons. The number of aliphatic imine (C=N–C) groups is 1. The maximum atomic E-state index is 5.71.